The number of carbonyl (C=O) groups is 2. The van der Waals surface area contributed by atoms with Gasteiger partial charge in [0.2, 0.25) is 5.91 Å². The molecule has 1 aliphatic heterocycles. The molecule has 1 fully saturated rings. The maximum atomic E-state index is 12.6. The Morgan fingerprint density at radius 2 is 2.07 bits per heavy atom. The van der Waals surface area contributed by atoms with E-state index in [0.29, 0.717) is 42.3 Å². The van der Waals surface area contributed by atoms with Gasteiger partial charge in [-0.3, -0.25) is 9.59 Å². The average molecular weight is 397 g/mol. The van der Waals surface area contributed by atoms with Crippen LogP contribution in [-0.4, -0.2) is 34.5 Å². The fourth-order valence-corrected chi connectivity index (χ4v) is 3.84. The second-order valence-corrected chi connectivity index (χ2v) is 7.28. The van der Waals surface area contributed by atoms with E-state index in [9.17, 15) is 9.59 Å². The predicted molar refractivity (Wildman–Crippen MR) is 110 cm³/mol. The molecule has 0 atom stereocenters. The highest BCUT2D eigenvalue weighted by Crippen LogP contribution is 2.30. The lowest BCUT2D eigenvalue weighted by molar-refractivity contribution is -0.117. The van der Waals surface area contributed by atoms with Gasteiger partial charge in [0.05, 0.1) is 21.7 Å². The number of nitrogens with zero attached hydrogens (tertiary/aromatic N) is 3. The minimum atomic E-state index is -0.188. The van der Waals surface area contributed by atoms with E-state index in [0.717, 1.165) is 23.3 Å². The molecule has 1 N–H and O–H groups in total. The molecule has 28 heavy (non-hydrogen) atoms. The Morgan fingerprint density at radius 3 is 2.86 bits per heavy atom. The Balaban J connectivity index is 1.45. The number of aromatic nitrogens is 2. The number of rotatable bonds is 5. The Hall–Kier alpha value is -2.86. The highest BCUT2D eigenvalue weighted by atomic mass is 35.5. The van der Waals surface area contributed by atoms with E-state index in [1.807, 2.05) is 31.2 Å². The van der Waals surface area contributed by atoms with Gasteiger partial charge in [0.1, 0.15) is 5.82 Å². The fraction of sp³-hybridized carbons (Fsp3) is 0.286. The Bertz CT molecular complexity index is 1060. The van der Waals surface area contributed by atoms with Crippen LogP contribution in [0.15, 0.2) is 42.5 Å². The van der Waals surface area contributed by atoms with Gasteiger partial charge in [-0.15, -0.1) is 0 Å². The molecule has 3 aromatic rings. The Morgan fingerprint density at radius 1 is 1.25 bits per heavy atom. The van der Waals surface area contributed by atoms with Gasteiger partial charge in [-0.05, 0) is 43.7 Å². The number of hydrogen-bond donors (Lipinski definition) is 1. The molecule has 0 bridgehead atoms. The average Bonchev–Trinajstić information content (AvgIpc) is 3.25. The SMILES string of the molecule is Cc1nc2ccccc2n1CCNC(=O)c1ccc(Cl)c(N2CCCC2=O)c1. The molecule has 0 saturated carbocycles. The van der Waals surface area contributed by atoms with E-state index < -0.39 is 0 Å². The molecule has 7 heteroatoms. The largest absolute Gasteiger partial charge is 0.350 e. The van der Waals surface area contributed by atoms with E-state index >= 15 is 0 Å². The van der Waals surface area contributed by atoms with Crippen LogP contribution >= 0.6 is 11.6 Å². The second kappa shape index (κ2) is 7.64. The topological polar surface area (TPSA) is 67.2 Å². The van der Waals surface area contributed by atoms with E-state index in [4.69, 9.17) is 11.6 Å². The number of anilines is 1. The first kappa shape index (κ1) is 18.5. The first-order valence-electron chi connectivity index (χ1n) is 9.34. The number of hydrogen-bond acceptors (Lipinski definition) is 3. The first-order chi connectivity index (χ1) is 13.5. The van der Waals surface area contributed by atoms with Crippen molar-refractivity contribution >= 4 is 40.1 Å². The molecule has 2 aromatic carbocycles. The Kier molecular flexibility index (Phi) is 5.05. The highest BCUT2D eigenvalue weighted by molar-refractivity contribution is 6.34. The maximum Gasteiger partial charge on any atom is 0.251 e. The number of halogens is 1. The summed E-state index contributed by atoms with van der Waals surface area (Å²) in [5, 5.41) is 3.42. The molecule has 144 valence electrons. The summed E-state index contributed by atoms with van der Waals surface area (Å²) in [6.07, 6.45) is 1.33. The summed E-state index contributed by atoms with van der Waals surface area (Å²) in [4.78, 5) is 30.8. The van der Waals surface area contributed by atoms with Crippen LogP contribution in [0.3, 0.4) is 0 Å². The van der Waals surface area contributed by atoms with E-state index in [1.165, 1.54) is 0 Å². The van der Waals surface area contributed by atoms with Gasteiger partial charge in [0.15, 0.2) is 0 Å². The highest BCUT2D eigenvalue weighted by Gasteiger charge is 2.24. The standard InChI is InChI=1S/C21H21ClN4O2/c1-14-24-17-5-2-3-6-18(17)25(14)12-10-23-21(28)15-8-9-16(22)19(13-15)26-11-4-7-20(26)27/h2-3,5-6,8-9,13H,4,7,10-12H2,1H3,(H,23,28). The second-order valence-electron chi connectivity index (χ2n) is 6.87. The van der Waals surface area contributed by atoms with Crippen LogP contribution in [-0.2, 0) is 11.3 Å². The van der Waals surface area contributed by atoms with Crippen molar-refractivity contribution in [3.8, 4) is 0 Å². The number of fused-ring (bicyclic) bond motifs is 1. The van der Waals surface area contributed by atoms with Crippen molar-refractivity contribution in [3.63, 3.8) is 0 Å². The summed E-state index contributed by atoms with van der Waals surface area (Å²) in [6.45, 7) is 3.70. The van der Waals surface area contributed by atoms with Crippen LogP contribution in [0.1, 0.15) is 29.0 Å². The molecule has 0 aliphatic carbocycles. The van der Waals surface area contributed by atoms with Crippen LogP contribution in [0.2, 0.25) is 5.02 Å². The number of carbonyl (C=O) groups excluding carboxylic acids is 2. The van der Waals surface area contributed by atoms with Gasteiger partial charge in [0, 0.05) is 31.6 Å². The lowest BCUT2D eigenvalue weighted by Gasteiger charge is -2.18. The van der Waals surface area contributed by atoms with Crippen LogP contribution < -0.4 is 10.2 Å². The van der Waals surface area contributed by atoms with Crippen molar-refractivity contribution in [1.29, 1.82) is 0 Å². The van der Waals surface area contributed by atoms with Crippen LogP contribution in [0, 0.1) is 6.92 Å². The van der Waals surface area contributed by atoms with Crippen molar-refractivity contribution in [2.24, 2.45) is 0 Å². The summed E-state index contributed by atoms with van der Waals surface area (Å²) in [5.41, 5.74) is 3.10. The third-order valence-corrected chi connectivity index (χ3v) is 5.36. The normalized spacial score (nSPS) is 14.1. The zero-order chi connectivity index (χ0) is 19.7. The zero-order valence-corrected chi connectivity index (χ0v) is 16.4. The minimum Gasteiger partial charge on any atom is -0.350 e. The smallest absolute Gasteiger partial charge is 0.251 e. The molecule has 1 aromatic heterocycles. The number of amides is 2. The van der Waals surface area contributed by atoms with E-state index in [2.05, 4.69) is 14.9 Å². The van der Waals surface area contributed by atoms with Crippen molar-refractivity contribution in [2.75, 3.05) is 18.0 Å². The molecule has 0 spiro atoms. The predicted octanol–water partition coefficient (Wildman–Crippen LogP) is 3.55. The van der Waals surface area contributed by atoms with Crippen LogP contribution in [0.25, 0.3) is 11.0 Å². The number of imidazole rings is 1. The number of aryl methyl sites for hydroxylation is 1. The fourth-order valence-electron chi connectivity index (χ4n) is 3.63. The third-order valence-electron chi connectivity index (χ3n) is 5.04. The lowest BCUT2D eigenvalue weighted by atomic mass is 10.1. The number of nitrogens with one attached hydrogen (secondary N) is 1. The summed E-state index contributed by atoms with van der Waals surface area (Å²) in [5.74, 6) is 0.769. The molecule has 0 radical (unpaired) electrons. The summed E-state index contributed by atoms with van der Waals surface area (Å²) in [6, 6.07) is 13.0. The quantitative estimate of drug-likeness (QED) is 0.717. The molecule has 2 heterocycles. The van der Waals surface area contributed by atoms with Gasteiger partial charge in [0.25, 0.3) is 5.91 Å². The van der Waals surface area contributed by atoms with Crippen molar-refractivity contribution in [3.05, 3.63) is 58.9 Å². The molecular weight excluding hydrogens is 376 g/mol. The van der Waals surface area contributed by atoms with E-state index in [1.54, 1.807) is 23.1 Å². The van der Waals surface area contributed by atoms with Crippen molar-refractivity contribution in [2.45, 2.75) is 26.3 Å². The molecule has 1 saturated heterocycles. The summed E-state index contributed by atoms with van der Waals surface area (Å²) >= 11 is 6.26. The van der Waals surface area contributed by atoms with Gasteiger partial charge in [-0.1, -0.05) is 23.7 Å². The molecule has 0 unspecified atom stereocenters. The molecular formula is C21H21ClN4O2. The van der Waals surface area contributed by atoms with Gasteiger partial charge < -0.3 is 14.8 Å². The third kappa shape index (κ3) is 3.47. The molecule has 6 nitrogen and oxygen atoms in total. The van der Waals surface area contributed by atoms with Crippen molar-refractivity contribution in [1.82, 2.24) is 14.9 Å². The van der Waals surface area contributed by atoms with Gasteiger partial charge >= 0.3 is 0 Å². The molecule has 1 aliphatic rings. The Labute approximate surface area is 168 Å². The first-order valence-corrected chi connectivity index (χ1v) is 9.72. The van der Waals surface area contributed by atoms with Crippen LogP contribution in [0.4, 0.5) is 5.69 Å². The summed E-state index contributed by atoms with van der Waals surface area (Å²) in [7, 11) is 0. The van der Waals surface area contributed by atoms with Crippen LogP contribution in [0.5, 0.6) is 0 Å². The lowest BCUT2D eigenvalue weighted by Crippen LogP contribution is -2.28. The summed E-state index contributed by atoms with van der Waals surface area (Å²) < 4.78 is 2.09. The number of benzene rings is 2. The maximum absolute atomic E-state index is 12.6. The molecule has 2 amide bonds. The van der Waals surface area contributed by atoms with Gasteiger partial charge in [-0.2, -0.15) is 0 Å². The minimum absolute atomic E-state index is 0.0434. The zero-order valence-electron chi connectivity index (χ0n) is 15.6. The van der Waals surface area contributed by atoms with Gasteiger partial charge in [-0.25, -0.2) is 4.98 Å². The van der Waals surface area contributed by atoms with Crippen molar-refractivity contribution < 1.29 is 9.59 Å². The monoisotopic (exact) mass is 396 g/mol. The molecule has 4 rings (SSSR count). The number of para-hydroxylation sites is 2. The van der Waals surface area contributed by atoms with E-state index in [-0.39, 0.29) is 11.8 Å².